The fourth-order valence-corrected chi connectivity index (χ4v) is 3.15. The molecule has 1 aromatic carbocycles. The standard InChI is InChI=1S/C15H21N3O/c1-3-18-14-7-6-12(19-2)9-13(14)17-15(18)10-4-5-11(16)8-10/h6-7,9-11H,3-5,8,16H2,1-2H3. The molecule has 2 N–H and O–H groups in total. The summed E-state index contributed by atoms with van der Waals surface area (Å²) in [5.74, 6) is 2.56. The highest BCUT2D eigenvalue weighted by Crippen LogP contribution is 2.35. The van der Waals surface area contributed by atoms with Crippen molar-refractivity contribution >= 4 is 11.0 Å². The van der Waals surface area contributed by atoms with Crippen molar-refractivity contribution in [3.8, 4) is 5.75 Å². The van der Waals surface area contributed by atoms with E-state index in [-0.39, 0.29) is 0 Å². The molecule has 0 radical (unpaired) electrons. The number of aryl methyl sites for hydroxylation is 1. The molecule has 0 spiro atoms. The normalized spacial score (nSPS) is 23.1. The summed E-state index contributed by atoms with van der Waals surface area (Å²) in [6.45, 7) is 3.12. The number of methoxy groups -OCH3 is 1. The van der Waals surface area contributed by atoms with Crippen molar-refractivity contribution < 1.29 is 4.74 Å². The number of aromatic nitrogens is 2. The predicted molar refractivity (Wildman–Crippen MR) is 76.5 cm³/mol. The summed E-state index contributed by atoms with van der Waals surface area (Å²) in [7, 11) is 1.69. The lowest BCUT2D eigenvalue weighted by atomic mass is 10.1. The van der Waals surface area contributed by atoms with Gasteiger partial charge in [0.05, 0.1) is 18.1 Å². The van der Waals surface area contributed by atoms with Crippen LogP contribution < -0.4 is 10.5 Å². The molecule has 4 nitrogen and oxygen atoms in total. The van der Waals surface area contributed by atoms with Gasteiger partial charge in [-0.05, 0) is 38.3 Å². The van der Waals surface area contributed by atoms with Gasteiger partial charge in [0, 0.05) is 24.6 Å². The Morgan fingerprint density at radius 3 is 2.89 bits per heavy atom. The van der Waals surface area contributed by atoms with Gasteiger partial charge in [-0.1, -0.05) is 0 Å². The Morgan fingerprint density at radius 1 is 1.42 bits per heavy atom. The highest BCUT2D eigenvalue weighted by molar-refractivity contribution is 5.78. The number of nitrogens with two attached hydrogens (primary N) is 1. The Morgan fingerprint density at radius 2 is 2.26 bits per heavy atom. The number of ether oxygens (including phenoxy) is 1. The molecular formula is C15H21N3O. The highest BCUT2D eigenvalue weighted by atomic mass is 16.5. The van der Waals surface area contributed by atoms with E-state index < -0.39 is 0 Å². The average Bonchev–Trinajstić information content (AvgIpc) is 3.00. The summed E-state index contributed by atoms with van der Waals surface area (Å²) in [6.07, 6.45) is 3.32. The van der Waals surface area contributed by atoms with Crippen molar-refractivity contribution in [2.24, 2.45) is 5.73 Å². The number of hydrogen-bond donors (Lipinski definition) is 1. The number of nitrogens with zero attached hydrogens (tertiary/aromatic N) is 2. The molecule has 19 heavy (non-hydrogen) atoms. The number of fused-ring (bicyclic) bond motifs is 1. The van der Waals surface area contributed by atoms with Gasteiger partial charge in [-0.3, -0.25) is 0 Å². The minimum Gasteiger partial charge on any atom is -0.497 e. The molecule has 4 heteroatoms. The van der Waals surface area contributed by atoms with Crippen LogP contribution in [0.4, 0.5) is 0 Å². The Kier molecular flexibility index (Phi) is 3.19. The lowest BCUT2D eigenvalue weighted by Crippen LogP contribution is -2.15. The molecule has 3 rings (SSSR count). The Bertz CT molecular complexity index is 590. The Labute approximate surface area is 113 Å². The molecule has 1 fully saturated rings. The number of benzene rings is 1. The van der Waals surface area contributed by atoms with Crippen LogP contribution in [0.25, 0.3) is 11.0 Å². The van der Waals surface area contributed by atoms with E-state index in [0.717, 1.165) is 37.1 Å². The average molecular weight is 259 g/mol. The van der Waals surface area contributed by atoms with Gasteiger partial charge < -0.3 is 15.0 Å². The van der Waals surface area contributed by atoms with E-state index in [4.69, 9.17) is 15.5 Å². The summed E-state index contributed by atoms with van der Waals surface area (Å²) < 4.78 is 7.60. The van der Waals surface area contributed by atoms with E-state index >= 15 is 0 Å². The number of rotatable bonds is 3. The van der Waals surface area contributed by atoms with E-state index in [1.165, 1.54) is 11.3 Å². The van der Waals surface area contributed by atoms with Gasteiger partial charge in [-0.2, -0.15) is 0 Å². The van der Waals surface area contributed by atoms with Crippen molar-refractivity contribution in [1.29, 1.82) is 0 Å². The Hall–Kier alpha value is -1.55. The highest BCUT2D eigenvalue weighted by Gasteiger charge is 2.27. The van der Waals surface area contributed by atoms with Crippen LogP contribution in [0, 0.1) is 0 Å². The maximum Gasteiger partial charge on any atom is 0.121 e. The van der Waals surface area contributed by atoms with Crippen LogP contribution in [0.1, 0.15) is 37.9 Å². The second-order valence-corrected chi connectivity index (χ2v) is 5.34. The first-order valence-electron chi connectivity index (χ1n) is 7.02. The monoisotopic (exact) mass is 259 g/mol. The van der Waals surface area contributed by atoms with Gasteiger partial charge >= 0.3 is 0 Å². The van der Waals surface area contributed by atoms with Crippen molar-refractivity contribution in [1.82, 2.24) is 9.55 Å². The van der Waals surface area contributed by atoms with Gasteiger partial charge in [0.2, 0.25) is 0 Å². The van der Waals surface area contributed by atoms with E-state index in [1.807, 2.05) is 12.1 Å². The van der Waals surface area contributed by atoms with E-state index in [9.17, 15) is 0 Å². The first-order chi connectivity index (χ1) is 9.22. The third-order valence-electron chi connectivity index (χ3n) is 4.14. The van der Waals surface area contributed by atoms with Gasteiger partial charge in [0.1, 0.15) is 11.6 Å². The van der Waals surface area contributed by atoms with Crippen molar-refractivity contribution in [2.75, 3.05) is 7.11 Å². The molecule has 2 aromatic rings. The first-order valence-corrected chi connectivity index (χ1v) is 7.02. The van der Waals surface area contributed by atoms with Crippen LogP contribution in [0.5, 0.6) is 5.75 Å². The van der Waals surface area contributed by atoms with Crippen LogP contribution in [-0.4, -0.2) is 22.7 Å². The van der Waals surface area contributed by atoms with E-state index in [1.54, 1.807) is 7.11 Å². The minimum absolute atomic E-state index is 0.338. The quantitative estimate of drug-likeness (QED) is 0.922. The molecule has 1 aliphatic rings. The van der Waals surface area contributed by atoms with Crippen molar-refractivity contribution in [2.45, 2.75) is 44.7 Å². The summed E-state index contributed by atoms with van der Waals surface area (Å²) in [4.78, 5) is 4.84. The zero-order chi connectivity index (χ0) is 13.4. The second kappa shape index (κ2) is 4.85. The number of hydrogen-bond acceptors (Lipinski definition) is 3. The number of imidazole rings is 1. The third-order valence-corrected chi connectivity index (χ3v) is 4.14. The molecule has 1 aliphatic carbocycles. The fraction of sp³-hybridized carbons (Fsp3) is 0.533. The molecule has 2 unspecified atom stereocenters. The van der Waals surface area contributed by atoms with Crippen LogP contribution in [-0.2, 0) is 6.54 Å². The minimum atomic E-state index is 0.338. The van der Waals surface area contributed by atoms with Crippen LogP contribution in [0.2, 0.25) is 0 Å². The van der Waals surface area contributed by atoms with Crippen molar-refractivity contribution in [3.05, 3.63) is 24.0 Å². The SMILES string of the molecule is CCn1c(C2CCC(N)C2)nc2cc(OC)ccc21. The van der Waals surface area contributed by atoms with Crippen LogP contribution >= 0.6 is 0 Å². The smallest absolute Gasteiger partial charge is 0.121 e. The largest absolute Gasteiger partial charge is 0.497 e. The molecule has 1 heterocycles. The van der Waals surface area contributed by atoms with E-state index in [2.05, 4.69) is 17.6 Å². The molecule has 102 valence electrons. The summed E-state index contributed by atoms with van der Waals surface area (Å²) >= 11 is 0. The molecule has 0 saturated heterocycles. The predicted octanol–water partition coefficient (Wildman–Crippen LogP) is 2.66. The van der Waals surface area contributed by atoms with E-state index in [0.29, 0.717) is 12.0 Å². The second-order valence-electron chi connectivity index (χ2n) is 5.34. The topological polar surface area (TPSA) is 53.1 Å². The maximum atomic E-state index is 6.04. The zero-order valence-electron chi connectivity index (χ0n) is 11.6. The Balaban J connectivity index is 2.08. The van der Waals surface area contributed by atoms with Crippen LogP contribution in [0.15, 0.2) is 18.2 Å². The lowest BCUT2D eigenvalue weighted by molar-refractivity contribution is 0.415. The zero-order valence-corrected chi connectivity index (χ0v) is 11.6. The lowest BCUT2D eigenvalue weighted by Gasteiger charge is -2.11. The van der Waals surface area contributed by atoms with Gasteiger partial charge in [0.15, 0.2) is 0 Å². The van der Waals surface area contributed by atoms with Gasteiger partial charge in [-0.15, -0.1) is 0 Å². The molecular weight excluding hydrogens is 238 g/mol. The van der Waals surface area contributed by atoms with Crippen molar-refractivity contribution in [3.63, 3.8) is 0 Å². The van der Waals surface area contributed by atoms with Crippen LogP contribution in [0.3, 0.4) is 0 Å². The summed E-state index contributed by atoms with van der Waals surface area (Å²) in [6, 6.07) is 6.45. The molecule has 0 amide bonds. The molecule has 0 bridgehead atoms. The first kappa shape index (κ1) is 12.5. The maximum absolute atomic E-state index is 6.04. The summed E-state index contributed by atoms with van der Waals surface area (Å²) in [5, 5.41) is 0. The molecule has 1 aromatic heterocycles. The van der Waals surface area contributed by atoms with Gasteiger partial charge in [-0.25, -0.2) is 4.98 Å². The fourth-order valence-electron chi connectivity index (χ4n) is 3.15. The molecule has 2 atom stereocenters. The summed E-state index contributed by atoms with van der Waals surface area (Å²) in [5.41, 5.74) is 8.25. The third kappa shape index (κ3) is 2.10. The molecule has 1 saturated carbocycles. The van der Waals surface area contributed by atoms with Gasteiger partial charge in [0.25, 0.3) is 0 Å². The molecule has 0 aliphatic heterocycles.